The van der Waals surface area contributed by atoms with Gasteiger partial charge in [-0.1, -0.05) is 42.5 Å². The molecule has 142 valence electrons. The fraction of sp³-hybridized carbons (Fsp3) is 0.318. The van der Waals surface area contributed by atoms with E-state index in [0.29, 0.717) is 19.6 Å². The van der Waals surface area contributed by atoms with Crippen LogP contribution in [0.3, 0.4) is 0 Å². The first-order valence-corrected chi connectivity index (χ1v) is 9.01. The molecule has 0 amide bonds. The summed E-state index contributed by atoms with van der Waals surface area (Å²) >= 11 is 0. The van der Waals surface area contributed by atoms with Gasteiger partial charge in [-0.05, 0) is 29.3 Å². The lowest BCUT2D eigenvalue weighted by Crippen LogP contribution is -2.23. The van der Waals surface area contributed by atoms with Crippen LogP contribution in [0.4, 0.5) is 0 Å². The highest BCUT2D eigenvalue weighted by Crippen LogP contribution is 2.37. The number of hydrogen-bond donors (Lipinski definition) is 1. The van der Waals surface area contributed by atoms with Gasteiger partial charge >= 0.3 is 5.97 Å². The summed E-state index contributed by atoms with van der Waals surface area (Å²) in [5.41, 5.74) is 2.06. The molecule has 27 heavy (non-hydrogen) atoms. The van der Waals surface area contributed by atoms with E-state index in [4.69, 9.17) is 9.47 Å². The van der Waals surface area contributed by atoms with E-state index >= 15 is 0 Å². The van der Waals surface area contributed by atoms with E-state index in [1.165, 1.54) is 0 Å². The molecule has 1 N–H and O–H groups in total. The highest BCUT2D eigenvalue weighted by Gasteiger charge is 2.39. The molecule has 1 saturated heterocycles. The molecule has 2 aromatic rings. The van der Waals surface area contributed by atoms with Crippen molar-refractivity contribution >= 4 is 12.0 Å². The first-order valence-electron chi connectivity index (χ1n) is 9.01. The van der Waals surface area contributed by atoms with Crippen molar-refractivity contribution in [1.82, 2.24) is 4.90 Å². The number of aliphatic carboxylic acids is 1. The zero-order chi connectivity index (χ0) is 19.2. The van der Waals surface area contributed by atoms with Gasteiger partial charge in [-0.2, -0.15) is 0 Å². The Labute approximate surface area is 159 Å². The molecule has 1 aliphatic heterocycles. The fourth-order valence-corrected chi connectivity index (χ4v) is 3.63. The van der Waals surface area contributed by atoms with E-state index < -0.39 is 11.9 Å². The molecule has 0 saturated carbocycles. The Morgan fingerprint density at radius 3 is 2.52 bits per heavy atom. The fourth-order valence-electron chi connectivity index (χ4n) is 3.63. The predicted molar refractivity (Wildman–Crippen MR) is 105 cm³/mol. The molecule has 5 nitrogen and oxygen atoms in total. The summed E-state index contributed by atoms with van der Waals surface area (Å²) in [7, 11) is 3.27. The molecule has 0 spiro atoms. The molecule has 0 bridgehead atoms. The molecule has 3 rings (SSSR count). The van der Waals surface area contributed by atoms with E-state index in [1.54, 1.807) is 14.2 Å². The molecule has 1 heterocycles. The van der Waals surface area contributed by atoms with Crippen LogP contribution < -0.4 is 9.47 Å². The van der Waals surface area contributed by atoms with Crippen molar-refractivity contribution in [3.63, 3.8) is 0 Å². The first kappa shape index (κ1) is 19.0. The van der Waals surface area contributed by atoms with Gasteiger partial charge in [-0.15, -0.1) is 0 Å². The number of rotatable bonds is 7. The maximum Gasteiger partial charge on any atom is 0.308 e. The van der Waals surface area contributed by atoms with Crippen LogP contribution in [0.2, 0.25) is 0 Å². The second kappa shape index (κ2) is 8.73. The summed E-state index contributed by atoms with van der Waals surface area (Å²) in [5.74, 6) is 0.316. The Bertz CT molecular complexity index is 800. The summed E-state index contributed by atoms with van der Waals surface area (Å²) < 4.78 is 10.6. The van der Waals surface area contributed by atoms with Crippen LogP contribution in [-0.4, -0.2) is 49.8 Å². The normalized spacial score (nSPS) is 20.1. The lowest BCUT2D eigenvalue weighted by atomic mass is 9.88. The van der Waals surface area contributed by atoms with Gasteiger partial charge in [0.15, 0.2) is 0 Å². The number of methoxy groups -OCH3 is 2. The monoisotopic (exact) mass is 367 g/mol. The van der Waals surface area contributed by atoms with Crippen molar-refractivity contribution in [3.8, 4) is 11.5 Å². The molecule has 0 unspecified atom stereocenters. The maximum atomic E-state index is 11.8. The van der Waals surface area contributed by atoms with Crippen molar-refractivity contribution < 1.29 is 19.4 Å². The van der Waals surface area contributed by atoms with E-state index in [-0.39, 0.29) is 5.92 Å². The van der Waals surface area contributed by atoms with Crippen LogP contribution in [0.25, 0.3) is 6.08 Å². The Morgan fingerprint density at radius 1 is 1.11 bits per heavy atom. The first-order chi connectivity index (χ1) is 13.1. The molecular weight excluding hydrogens is 342 g/mol. The molecule has 1 fully saturated rings. The summed E-state index contributed by atoms with van der Waals surface area (Å²) in [6, 6.07) is 15.5. The zero-order valence-corrected chi connectivity index (χ0v) is 15.7. The predicted octanol–water partition coefficient (Wildman–Crippen LogP) is 3.52. The number of benzene rings is 2. The number of ether oxygens (including phenoxy) is 2. The zero-order valence-electron chi connectivity index (χ0n) is 15.7. The number of nitrogens with zero attached hydrogens (tertiary/aromatic N) is 1. The molecule has 0 radical (unpaired) electrons. The third kappa shape index (κ3) is 4.49. The molecule has 5 heteroatoms. The minimum atomic E-state index is -0.757. The van der Waals surface area contributed by atoms with Crippen LogP contribution in [0.15, 0.2) is 54.6 Å². The molecule has 2 aromatic carbocycles. The summed E-state index contributed by atoms with van der Waals surface area (Å²) in [6.07, 6.45) is 4.12. The summed E-state index contributed by atoms with van der Waals surface area (Å²) in [5, 5.41) is 9.68. The minimum Gasteiger partial charge on any atom is -0.497 e. The number of para-hydroxylation sites is 1. The number of carboxylic acid groups (broad SMARTS) is 1. The van der Waals surface area contributed by atoms with Gasteiger partial charge in [0.2, 0.25) is 0 Å². The van der Waals surface area contributed by atoms with Gasteiger partial charge < -0.3 is 14.6 Å². The van der Waals surface area contributed by atoms with Gasteiger partial charge in [-0.3, -0.25) is 9.69 Å². The Hall–Kier alpha value is -2.79. The average molecular weight is 367 g/mol. The second-order valence-electron chi connectivity index (χ2n) is 6.69. The van der Waals surface area contributed by atoms with E-state index in [2.05, 4.69) is 11.0 Å². The SMILES string of the molecule is COc1ccc(C=CCN2C[C@@H](C(=O)O)[C@H](c3ccccc3OC)C2)cc1. The van der Waals surface area contributed by atoms with Crippen molar-refractivity contribution in [2.45, 2.75) is 5.92 Å². The smallest absolute Gasteiger partial charge is 0.308 e. The standard InChI is InChI=1S/C22H25NO4/c1-26-17-11-9-16(10-12-17)6-5-13-23-14-19(20(15-23)22(24)25)18-7-3-4-8-21(18)27-2/h3-12,19-20H,13-15H2,1-2H3,(H,24,25)/t19-,20+/m0/s1. The van der Waals surface area contributed by atoms with Gasteiger partial charge in [0.1, 0.15) is 11.5 Å². The lowest BCUT2D eigenvalue weighted by molar-refractivity contribution is -0.141. The van der Waals surface area contributed by atoms with Crippen molar-refractivity contribution in [3.05, 3.63) is 65.7 Å². The highest BCUT2D eigenvalue weighted by atomic mass is 16.5. The van der Waals surface area contributed by atoms with Crippen molar-refractivity contribution in [2.24, 2.45) is 5.92 Å². The molecule has 0 aromatic heterocycles. The second-order valence-corrected chi connectivity index (χ2v) is 6.69. The van der Waals surface area contributed by atoms with Crippen molar-refractivity contribution in [1.29, 1.82) is 0 Å². The molecule has 0 aliphatic carbocycles. The topological polar surface area (TPSA) is 59.0 Å². The maximum absolute atomic E-state index is 11.8. The third-order valence-electron chi connectivity index (χ3n) is 5.04. The van der Waals surface area contributed by atoms with Crippen LogP contribution >= 0.6 is 0 Å². The summed E-state index contributed by atoms with van der Waals surface area (Å²) in [6.45, 7) is 1.94. The van der Waals surface area contributed by atoms with Gasteiger partial charge in [0.05, 0.1) is 20.1 Å². The third-order valence-corrected chi connectivity index (χ3v) is 5.04. The van der Waals surface area contributed by atoms with Crippen LogP contribution in [0, 0.1) is 5.92 Å². The van der Waals surface area contributed by atoms with Crippen LogP contribution in [0.5, 0.6) is 11.5 Å². The highest BCUT2D eigenvalue weighted by molar-refractivity contribution is 5.72. The number of likely N-dealkylation sites (tertiary alicyclic amines) is 1. The van der Waals surface area contributed by atoms with Crippen LogP contribution in [-0.2, 0) is 4.79 Å². The quantitative estimate of drug-likeness (QED) is 0.811. The lowest BCUT2D eigenvalue weighted by Gasteiger charge is -2.18. The van der Waals surface area contributed by atoms with Gasteiger partial charge in [-0.25, -0.2) is 0 Å². The Morgan fingerprint density at radius 2 is 1.85 bits per heavy atom. The number of carboxylic acids is 1. The summed E-state index contributed by atoms with van der Waals surface area (Å²) in [4.78, 5) is 14.0. The number of hydrogen-bond acceptors (Lipinski definition) is 4. The largest absolute Gasteiger partial charge is 0.497 e. The Balaban J connectivity index is 1.69. The van der Waals surface area contributed by atoms with Crippen molar-refractivity contribution in [2.75, 3.05) is 33.9 Å². The molecule has 1 aliphatic rings. The van der Waals surface area contributed by atoms with E-state index in [1.807, 2.05) is 54.6 Å². The number of carbonyl (C=O) groups is 1. The Kier molecular flexibility index (Phi) is 6.14. The molecule has 2 atom stereocenters. The van der Waals surface area contributed by atoms with Gasteiger partial charge in [0.25, 0.3) is 0 Å². The van der Waals surface area contributed by atoms with Gasteiger partial charge in [0, 0.05) is 25.6 Å². The average Bonchev–Trinajstić information content (AvgIpc) is 3.13. The van der Waals surface area contributed by atoms with E-state index in [9.17, 15) is 9.90 Å². The minimum absolute atomic E-state index is 0.0759. The van der Waals surface area contributed by atoms with Crippen LogP contribution in [0.1, 0.15) is 17.0 Å². The molecular formula is C22H25NO4. The van der Waals surface area contributed by atoms with E-state index in [0.717, 1.165) is 22.6 Å².